The van der Waals surface area contributed by atoms with Gasteiger partial charge in [-0.1, -0.05) is 46.5 Å². The number of halogens is 2. The first kappa shape index (κ1) is 23.4. The van der Waals surface area contributed by atoms with Gasteiger partial charge in [-0.25, -0.2) is 13.1 Å². The second-order valence-corrected chi connectivity index (χ2v) is 7.52. The van der Waals surface area contributed by atoms with Gasteiger partial charge < -0.3 is 14.4 Å². The fourth-order valence-corrected chi connectivity index (χ4v) is 3.42. The summed E-state index contributed by atoms with van der Waals surface area (Å²) in [5.41, 5.74) is 2.13. The van der Waals surface area contributed by atoms with Crippen molar-refractivity contribution in [3.05, 3.63) is 84.4 Å². The molecule has 2 aromatic rings. The van der Waals surface area contributed by atoms with E-state index >= 15 is 0 Å². The van der Waals surface area contributed by atoms with Crippen LogP contribution in [0.4, 0.5) is 0 Å². The Kier molecular flexibility index (Phi) is 8.96. The van der Waals surface area contributed by atoms with Crippen molar-refractivity contribution in [1.29, 1.82) is 0 Å². The third kappa shape index (κ3) is 4.95. The summed E-state index contributed by atoms with van der Waals surface area (Å²) < 4.78 is 26.1. The molecule has 0 saturated carbocycles. The number of rotatable bonds is 4. The third-order valence-corrected chi connectivity index (χ3v) is 5.38. The quantitative estimate of drug-likeness (QED) is 0.648. The fraction of sp³-hybridized carbons (Fsp3) is 0.118. The van der Waals surface area contributed by atoms with Crippen molar-refractivity contribution in [3.8, 4) is 0 Å². The van der Waals surface area contributed by atoms with Gasteiger partial charge in [0.2, 0.25) is 10.0 Å². The van der Waals surface area contributed by atoms with Crippen molar-refractivity contribution >= 4 is 33.2 Å². The van der Waals surface area contributed by atoms with Crippen LogP contribution in [-0.4, -0.2) is 15.5 Å². The van der Waals surface area contributed by atoms with E-state index in [0.29, 0.717) is 15.6 Å². The molecule has 0 amide bonds. The Bertz CT molecular complexity index is 810. The summed E-state index contributed by atoms with van der Waals surface area (Å²) in [6, 6.07) is 9.94. The minimum Gasteiger partial charge on any atom is -0.358 e. The average molecular weight is 378 g/mol. The molecule has 1 atom stereocenters. The largest absolute Gasteiger partial charge is 1.00 e. The molecule has 2 rings (SSSR count). The summed E-state index contributed by atoms with van der Waals surface area (Å²) >= 11 is 12.1. The fourth-order valence-electron chi connectivity index (χ4n) is 2.13. The van der Waals surface area contributed by atoms with Crippen LogP contribution in [0.5, 0.6) is 0 Å². The molecule has 1 unspecified atom stereocenters. The zero-order chi connectivity index (χ0) is 16.5. The second-order valence-electron chi connectivity index (χ2n) is 4.79. The molecule has 0 aromatic heterocycles. The van der Waals surface area contributed by atoms with Crippen LogP contribution in [0.15, 0.2) is 41.3 Å². The Morgan fingerprint density at radius 2 is 1.79 bits per heavy atom. The van der Waals surface area contributed by atoms with Gasteiger partial charge in [-0.15, -0.1) is 0 Å². The van der Waals surface area contributed by atoms with E-state index in [1.165, 1.54) is 13.1 Å². The summed E-state index contributed by atoms with van der Waals surface area (Å²) in [4.78, 5) is 0.180. The van der Waals surface area contributed by atoms with Gasteiger partial charge in [0.1, 0.15) is 0 Å². The first-order valence-corrected chi connectivity index (χ1v) is 8.67. The maximum absolute atomic E-state index is 11.9. The minimum absolute atomic E-state index is 0. The second kappa shape index (κ2) is 9.19. The number of hydrogen-bond donors (Lipinski definition) is 1. The monoisotopic (exact) mass is 377 g/mol. The van der Waals surface area contributed by atoms with Crippen molar-refractivity contribution in [2.75, 3.05) is 7.05 Å². The van der Waals surface area contributed by atoms with Crippen molar-refractivity contribution < 1.29 is 27.3 Å². The number of hydrogen-bond acceptors (Lipinski definition) is 2. The van der Waals surface area contributed by atoms with Gasteiger partial charge in [0.05, 0.1) is 4.90 Å². The molecule has 0 bridgehead atoms. The van der Waals surface area contributed by atoms with E-state index in [1.807, 2.05) is 0 Å². The molecule has 0 saturated heterocycles. The molecule has 3 nitrogen and oxygen atoms in total. The van der Waals surface area contributed by atoms with Crippen LogP contribution < -0.4 is 23.6 Å². The molecule has 0 fully saturated rings. The zero-order valence-electron chi connectivity index (χ0n) is 13.9. The van der Waals surface area contributed by atoms with E-state index in [2.05, 4.69) is 18.6 Å². The van der Waals surface area contributed by atoms with Crippen LogP contribution in [0.25, 0.3) is 0 Å². The molecule has 0 aliphatic heterocycles. The summed E-state index contributed by atoms with van der Waals surface area (Å²) in [5, 5.41) is 0.940. The SMILES string of the molecule is [CH2-]c1c(Cl)cc(Cl)cc1C([CH2-])c1cccc(S(=O)(=O)NC)c1.[CH3-].[Li+]. The molecule has 0 heterocycles. The van der Waals surface area contributed by atoms with Gasteiger partial charge in [-0.3, -0.25) is 0 Å². The van der Waals surface area contributed by atoms with Gasteiger partial charge >= 0.3 is 18.9 Å². The number of benzene rings is 2. The van der Waals surface area contributed by atoms with Gasteiger partial charge in [0.15, 0.2) is 0 Å². The standard InChI is InChI=1S/C16H15Cl2NO2S.CH3.Li/c1-10(15-8-13(17)9-16(18)11(15)2)12-5-4-6-14(7-12)22(20,21)19-3;;/h4-10,19H,1-2H2,3H3;1H3;/q-2;-1;+1. The van der Waals surface area contributed by atoms with Gasteiger partial charge in [0, 0.05) is 5.02 Å². The van der Waals surface area contributed by atoms with Crippen LogP contribution >= 0.6 is 23.2 Å². The Balaban J connectivity index is 0.00000264. The molecule has 7 heteroatoms. The summed E-state index contributed by atoms with van der Waals surface area (Å²) in [6.45, 7) is 8.03. The maximum atomic E-state index is 11.9. The van der Waals surface area contributed by atoms with E-state index in [1.54, 1.807) is 30.3 Å². The molecule has 24 heavy (non-hydrogen) atoms. The Labute approximate surface area is 167 Å². The van der Waals surface area contributed by atoms with Crippen LogP contribution in [0.3, 0.4) is 0 Å². The molecule has 2 aromatic carbocycles. The first-order valence-electron chi connectivity index (χ1n) is 6.43. The smallest absolute Gasteiger partial charge is 0.358 e. The number of nitrogens with one attached hydrogen (secondary N) is 1. The first-order chi connectivity index (χ1) is 10.3. The van der Waals surface area contributed by atoms with Crippen LogP contribution in [0.2, 0.25) is 10.0 Å². The molecule has 0 aliphatic carbocycles. The topological polar surface area (TPSA) is 46.2 Å². The predicted octanol–water partition coefficient (Wildman–Crippen LogP) is 1.50. The van der Waals surface area contributed by atoms with E-state index in [9.17, 15) is 8.42 Å². The molecule has 1 N–H and O–H groups in total. The van der Waals surface area contributed by atoms with Gasteiger partial charge in [0.25, 0.3) is 0 Å². The molecule has 0 aliphatic rings. The van der Waals surface area contributed by atoms with Crippen molar-refractivity contribution in [3.63, 3.8) is 0 Å². The van der Waals surface area contributed by atoms with Gasteiger partial charge in [-0.2, -0.15) is 35.6 Å². The molecular formula is C17H18Cl2LiNO2S-2. The van der Waals surface area contributed by atoms with Crippen LogP contribution in [-0.2, 0) is 10.0 Å². The van der Waals surface area contributed by atoms with E-state index in [0.717, 1.165) is 11.1 Å². The molecular weight excluding hydrogens is 360 g/mol. The number of sulfonamides is 1. The normalized spacial score (nSPS) is 12.0. The maximum Gasteiger partial charge on any atom is 1.00 e. The van der Waals surface area contributed by atoms with E-state index < -0.39 is 10.0 Å². The van der Waals surface area contributed by atoms with E-state index in [-0.39, 0.29) is 37.1 Å². The molecule has 126 valence electrons. The summed E-state index contributed by atoms with van der Waals surface area (Å²) in [5.74, 6) is -0.337. The Morgan fingerprint density at radius 1 is 1.17 bits per heavy atom. The van der Waals surface area contributed by atoms with E-state index in [4.69, 9.17) is 23.2 Å². The summed E-state index contributed by atoms with van der Waals surface area (Å²) in [6.07, 6.45) is 0. The Hall–Kier alpha value is -0.603. The van der Waals surface area contributed by atoms with Crippen LogP contribution in [0.1, 0.15) is 22.6 Å². The Morgan fingerprint density at radius 3 is 2.38 bits per heavy atom. The zero-order valence-corrected chi connectivity index (χ0v) is 16.3. The van der Waals surface area contributed by atoms with Crippen molar-refractivity contribution in [2.45, 2.75) is 10.8 Å². The summed E-state index contributed by atoms with van der Waals surface area (Å²) in [7, 11) is -2.14. The minimum atomic E-state index is -3.51. The van der Waals surface area contributed by atoms with Gasteiger partial charge in [-0.05, 0) is 19.2 Å². The predicted molar refractivity (Wildman–Crippen MR) is 97.2 cm³/mol. The molecule has 0 spiro atoms. The average Bonchev–Trinajstić information content (AvgIpc) is 2.50. The van der Waals surface area contributed by atoms with Crippen molar-refractivity contribution in [2.24, 2.45) is 0 Å². The van der Waals surface area contributed by atoms with Crippen LogP contribution in [0, 0.1) is 21.3 Å². The third-order valence-electron chi connectivity index (χ3n) is 3.41. The molecule has 0 radical (unpaired) electrons. The van der Waals surface area contributed by atoms with Crippen molar-refractivity contribution in [1.82, 2.24) is 4.72 Å².